The standard InChI is InChI=1S/C21H22N4O/c26-20(19-13-23-25-10-4-9-22-21(19)25)16-11-17-7-8-18(12-16)24(17)14-15-5-2-1-3-6-15/h1-6,9-10,13,16-18H,7-8,11-12,14H2. The third-order valence-electron chi connectivity index (χ3n) is 6.01. The van der Waals surface area contributed by atoms with Gasteiger partial charge >= 0.3 is 0 Å². The molecule has 5 nitrogen and oxygen atoms in total. The van der Waals surface area contributed by atoms with Crippen molar-refractivity contribution in [3.8, 4) is 0 Å². The average Bonchev–Trinajstić information content (AvgIpc) is 3.19. The molecule has 2 unspecified atom stereocenters. The fraction of sp³-hybridized carbons (Fsp3) is 0.381. The molecule has 0 radical (unpaired) electrons. The second-order valence-electron chi connectivity index (χ2n) is 7.52. The van der Waals surface area contributed by atoms with Gasteiger partial charge < -0.3 is 0 Å². The Bertz CT molecular complexity index is 921. The number of rotatable bonds is 4. The van der Waals surface area contributed by atoms with E-state index < -0.39 is 0 Å². The quantitative estimate of drug-likeness (QED) is 0.680. The summed E-state index contributed by atoms with van der Waals surface area (Å²) in [5.41, 5.74) is 2.71. The number of Topliss-reactive ketones (excluding diaryl/α,β-unsaturated/α-hetero) is 1. The Morgan fingerprint density at radius 3 is 2.62 bits per heavy atom. The van der Waals surface area contributed by atoms with Crippen LogP contribution in [0.5, 0.6) is 0 Å². The number of hydrogen-bond acceptors (Lipinski definition) is 4. The second kappa shape index (κ2) is 6.32. The molecule has 0 saturated carbocycles. The molecule has 0 aliphatic carbocycles. The van der Waals surface area contributed by atoms with Gasteiger partial charge in [-0.1, -0.05) is 30.3 Å². The van der Waals surface area contributed by atoms with Crippen LogP contribution in [0.2, 0.25) is 0 Å². The lowest BCUT2D eigenvalue weighted by Gasteiger charge is -2.38. The van der Waals surface area contributed by atoms with E-state index >= 15 is 0 Å². The first-order valence-electron chi connectivity index (χ1n) is 9.42. The minimum atomic E-state index is 0.0922. The summed E-state index contributed by atoms with van der Waals surface area (Å²) in [6, 6.07) is 13.5. The molecule has 132 valence electrons. The molecule has 2 aliphatic rings. The van der Waals surface area contributed by atoms with Gasteiger partial charge in [-0.05, 0) is 37.3 Å². The van der Waals surface area contributed by atoms with Crippen LogP contribution in [0.25, 0.3) is 5.65 Å². The summed E-state index contributed by atoms with van der Waals surface area (Å²) < 4.78 is 1.69. The summed E-state index contributed by atoms with van der Waals surface area (Å²) in [6.07, 6.45) is 9.55. The molecule has 2 bridgehead atoms. The number of carbonyl (C=O) groups excluding carboxylic acids is 1. The summed E-state index contributed by atoms with van der Waals surface area (Å²) in [5.74, 6) is 0.310. The summed E-state index contributed by atoms with van der Waals surface area (Å²) in [6.45, 7) is 0.995. The maximum Gasteiger partial charge on any atom is 0.171 e. The first kappa shape index (κ1) is 15.7. The lowest BCUT2D eigenvalue weighted by molar-refractivity contribution is 0.0679. The first-order valence-corrected chi connectivity index (χ1v) is 9.42. The van der Waals surface area contributed by atoms with Gasteiger partial charge in [0.1, 0.15) is 0 Å². The molecule has 2 saturated heterocycles. The first-order chi connectivity index (χ1) is 12.8. The van der Waals surface area contributed by atoms with Gasteiger partial charge in [0.25, 0.3) is 0 Å². The van der Waals surface area contributed by atoms with Gasteiger partial charge in [0.15, 0.2) is 11.4 Å². The van der Waals surface area contributed by atoms with Gasteiger partial charge in [-0.2, -0.15) is 5.10 Å². The van der Waals surface area contributed by atoms with Crippen molar-refractivity contribution in [3.05, 3.63) is 66.1 Å². The van der Waals surface area contributed by atoms with Crippen molar-refractivity contribution >= 4 is 11.4 Å². The van der Waals surface area contributed by atoms with Crippen molar-refractivity contribution in [1.82, 2.24) is 19.5 Å². The molecule has 0 amide bonds. The van der Waals surface area contributed by atoms with Crippen LogP contribution in [0, 0.1) is 5.92 Å². The molecule has 2 aliphatic heterocycles. The van der Waals surface area contributed by atoms with Gasteiger partial charge in [0.2, 0.25) is 0 Å². The van der Waals surface area contributed by atoms with Gasteiger partial charge in [-0.3, -0.25) is 9.69 Å². The van der Waals surface area contributed by atoms with Crippen LogP contribution in [0.1, 0.15) is 41.6 Å². The monoisotopic (exact) mass is 346 g/mol. The van der Waals surface area contributed by atoms with Crippen molar-refractivity contribution in [3.63, 3.8) is 0 Å². The lowest BCUT2D eigenvalue weighted by atomic mass is 9.85. The number of hydrogen-bond donors (Lipinski definition) is 0. The van der Waals surface area contributed by atoms with Crippen LogP contribution >= 0.6 is 0 Å². The molecule has 2 atom stereocenters. The molecule has 1 aromatic carbocycles. The van der Waals surface area contributed by atoms with Crippen LogP contribution in [-0.4, -0.2) is 37.4 Å². The maximum absolute atomic E-state index is 13.1. The van der Waals surface area contributed by atoms with Crippen LogP contribution in [-0.2, 0) is 6.54 Å². The van der Waals surface area contributed by atoms with Crippen LogP contribution < -0.4 is 0 Å². The van der Waals surface area contributed by atoms with Crippen LogP contribution in [0.3, 0.4) is 0 Å². The highest BCUT2D eigenvalue weighted by Gasteiger charge is 2.43. The number of carbonyl (C=O) groups is 1. The minimum Gasteiger partial charge on any atom is -0.294 e. The van der Waals surface area contributed by atoms with E-state index in [-0.39, 0.29) is 11.7 Å². The van der Waals surface area contributed by atoms with Crippen molar-refractivity contribution < 1.29 is 4.79 Å². The second-order valence-corrected chi connectivity index (χ2v) is 7.52. The van der Waals surface area contributed by atoms with Crippen molar-refractivity contribution in [2.45, 2.75) is 44.3 Å². The summed E-state index contributed by atoms with van der Waals surface area (Å²) >= 11 is 0. The van der Waals surface area contributed by atoms with Crippen molar-refractivity contribution in [1.29, 1.82) is 0 Å². The number of ketones is 1. The zero-order chi connectivity index (χ0) is 17.5. The molecule has 26 heavy (non-hydrogen) atoms. The fourth-order valence-corrected chi connectivity index (χ4v) is 4.76. The van der Waals surface area contributed by atoms with Crippen molar-refractivity contribution in [2.24, 2.45) is 5.92 Å². The molecule has 5 heteroatoms. The van der Waals surface area contributed by atoms with E-state index in [0.29, 0.717) is 23.3 Å². The zero-order valence-electron chi connectivity index (χ0n) is 14.7. The van der Waals surface area contributed by atoms with E-state index in [1.165, 1.54) is 18.4 Å². The summed E-state index contributed by atoms with van der Waals surface area (Å²) in [4.78, 5) is 20.1. The normalized spacial score (nSPS) is 25.6. The molecule has 3 aromatic rings. The Hall–Kier alpha value is -2.53. The Balaban J connectivity index is 1.35. The van der Waals surface area contributed by atoms with Crippen LogP contribution in [0.15, 0.2) is 55.0 Å². The smallest absolute Gasteiger partial charge is 0.171 e. The highest BCUT2D eigenvalue weighted by molar-refractivity contribution is 6.02. The van der Waals surface area contributed by atoms with Gasteiger partial charge in [0, 0.05) is 36.9 Å². The number of nitrogens with zero attached hydrogens (tertiary/aromatic N) is 4. The third-order valence-corrected chi connectivity index (χ3v) is 6.01. The molecule has 0 N–H and O–H groups in total. The Morgan fingerprint density at radius 1 is 1.08 bits per heavy atom. The predicted octanol–water partition coefficient (Wildman–Crippen LogP) is 3.36. The molecule has 2 aromatic heterocycles. The molecule has 4 heterocycles. The number of fused-ring (bicyclic) bond motifs is 3. The van der Waals surface area contributed by atoms with E-state index in [1.54, 1.807) is 16.9 Å². The molecular weight excluding hydrogens is 324 g/mol. The van der Waals surface area contributed by atoms with Gasteiger partial charge in [0.05, 0.1) is 11.8 Å². The lowest BCUT2D eigenvalue weighted by Crippen LogP contribution is -2.44. The van der Waals surface area contributed by atoms with E-state index in [1.807, 2.05) is 12.3 Å². The molecular formula is C21H22N4O. The number of aromatic nitrogens is 3. The SMILES string of the molecule is O=C(c1cnn2cccnc12)C1CC2CCC(C1)N2Cc1ccccc1. The van der Waals surface area contributed by atoms with Gasteiger partial charge in [-0.15, -0.1) is 0 Å². The molecule has 0 spiro atoms. The topological polar surface area (TPSA) is 50.5 Å². The predicted molar refractivity (Wildman–Crippen MR) is 98.8 cm³/mol. The Labute approximate surface area is 152 Å². The van der Waals surface area contributed by atoms with Crippen LogP contribution in [0.4, 0.5) is 0 Å². The van der Waals surface area contributed by atoms with E-state index in [9.17, 15) is 4.79 Å². The molecule has 2 fully saturated rings. The Morgan fingerprint density at radius 2 is 1.85 bits per heavy atom. The van der Waals surface area contributed by atoms with Crippen molar-refractivity contribution in [2.75, 3.05) is 0 Å². The largest absolute Gasteiger partial charge is 0.294 e. The van der Waals surface area contributed by atoms with E-state index in [0.717, 1.165) is 19.4 Å². The minimum absolute atomic E-state index is 0.0922. The Kier molecular flexibility index (Phi) is 3.82. The number of benzene rings is 1. The summed E-state index contributed by atoms with van der Waals surface area (Å²) in [7, 11) is 0. The third kappa shape index (κ3) is 2.63. The molecule has 5 rings (SSSR count). The maximum atomic E-state index is 13.1. The van der Waals surface area contributed by atoms with Gasteiger partial charge in [-0.25, -0.2) is 9.50 Å². The van der Waals surface area contributed by atoms with E-state index in [4.69, 9.17) is 0 Å². The van der Waals surface area contributed by atoms with E-state index in [2.05, 4.69) is 45.3 Å². The average molecular weight is 346 g/mol. The fourth-order valence-electron chi connectivity index (χ4n) is 4.76. The highest BCUT2D eigenvalue weighted by Crippen LogP contribution is 2.40. The summed E-state index contributed by atoms with van der Waals surface area (Å²) in [5, 5.41) is 4.28. The zero-order valence-corrected chi connectivity index (χ0v) is 14.7. The number of piperidine rings is 1. The highest BCUT2D eigenvalue weighted by atomic mass is 16.1.